The first-order chi connectivity index (χ1) is 14.0. The number of allylic oxidation sites excluding steroid dienone is 1. The zero-order valence-electron chi connectivity index (χ0n) is 15.4. The topological polar surface area (TPSA) is 59.3 Å². The van der Waals surface area contributed by atoms with Gasteiger partial charge in [0.05, 0.1) is 24.3 Å². The lowest BCUT2D eigenvalue weighted by Crippen LogP contribution is -2.09. The van der Waals surface area contributed by atoms with Crippen LogP contribution in [0.5, 0.6) is 11.5 Å². The average Bonchev–Trinajstić information content (AvgIpc) is 2.73. The first-order valence-corrected chi connectivity index (χ1v) is 9.29. The van der Waals surface area contributed by atoms with Crippen LogP contribution in [-0.2, 0) is 0 Å². The molecular formula is C23H15Cl2NO3. The van der Waals surface area contributed by atoms with Gasteiger partial charge in [0.15, 0.2) is 11.5 Å². The third-order valence-corrected chi connectivity index (χ3v) is 4.52. The van der Waals surface area contributed by atoms with E-state index in [-0.39, 0.29) is 5.75 Å². The highest BCUT2D eigenvalue weighted by atomic mass is 35.5. The molecular weight excluding hydrogens is 409 g/mol. The van der Waals surface area contributed by atoms with Crippen LogP contribution in [-0.4, -0.2) is 13.1 Å². The van der Waals surface area contributed by atoms with E-state index in [0.29, 0.717) is 26.9 Å². The Labute approximate surface area is 178 Å². The van der Waals surface area contributed by atoms with Crippen LogP contribution in [0.2, 0.25) is 10.0 Å². The van der Waals surface area contributed by atoms with Gasteiger partial charge in [0.1, 0.15) is 0 Å². The Hall–Kier alpha value is -3.26. The molecule has 4 nitrogen and oxygen atoms in total. The van der Waals surface area contributed by atoms with Crippen molar-refractivity contribution < 1.29 is 14.3 Å². The number of carbonyl (C=O) groups excluding carboxylic acids is 1. The third kappa shape index (κ3) is 5.17. The lowest BCUT2D eigenvalue weighted by molar-refractivity contribution is 0.0729. The minimum Gasteiger partial charge on any atom is -0.493 e. The molecule has 0 aromatic heterocycles. The van der Waals surface area contributed by atoms with Gasteiger partial charge in [0.25, 0.3) is 0 Å². The van der Waals surface area contributed by atoms with Crippen LogP contribution in [0.25, 0.3) is 11.6 Å². The SMILES string of the molecule is COc1cc(C=C(C#N)c2ccc(Cl)cc2)ccc1OC(=O)c1cccc(Cl)c1. The quantitative estimate of drug-likeness (QED) is 0.209. The zero-order chi connectivity index (χ0) is 20.8. The lowest BCUT2D eigenvalue weighted by atomic mass is 10.0. The first kappa shape index (κ1) is 20.5. The summed E-state index contributed by atoms with van der Waals surface area (Å²) in [5.74, 6) is 0.0788. The Balaban J connectivity index is 1.87. The number of hydrogen-bond donors (Lipinski definition) is 0. The fraction of sp³-hybridized carbons (Fsp3) is 0.0435. The molecule has 3 aromatic carbocycles. The molecule has 0 spiro atoms. The van der Waals surface area contributed by atoms with Gasteiger partial charge in [-0.3, -0.25) is 0 Å². The van der Waals surface area contributed by atoms with E-state index in [4.69, 9.17) is 32.7 Å². The van der Waals surface area contributed by atoms with Gasteiger partial charge in [0, 0.05) is 10.0 Å². The smallest absolute Gasteiger partial charge is 0.343 e. The number of methoxy groups -OCH3 is 1. The molecule has 0 aliphatic rings. The number of nitrogens with zero attached hydrogens (tertiary/aromatic N) is 1. The number of nitriles is 1. The molecule has 6 heteroatoms. The number of hydrogen-bond acceptors (Lipinski definition) is 4. The van der Waals surface area contributed by atoms with E-state index in [1.54, 1.807) is 66.7 Å². The molecule has 0 fully saturated rings. The summed E-state index contributed by atoms with van der Waals surface area (Å²) in [6.45, 7) is 0. The van der Waals surface area contributed by atoms with Gasteiger partial charge < -0.3 is 9.47 Å². The number of ether oxygens (including phenoxy) is 2. The molecule has 144 valence electrons. The molecule has 0 aliphatic carbocycles. The Morgan fingerprint density at radius 2 is 1.69 bits per heavy atom. The second-order valence-electron chi connectivity index (χ2n) is 5.99. The molecule has 0 saturated heterocycles. The van der Waals surface area contributed by atoms with Crippen molar-refractivity contribution in [2.75, 3.05) is 7.11 Å². The molecule has 0 heterocycles. The fourth-order valence-electron chi connectivity index (χ4n) is 2.61. The summed E-state index contributed by atoms with van der Waals surface area (Å²) in [4.78, 5) is 12.4. The standard InChI is InChI=1S/C23H15Cl2NO3/c1-28-22-12-15(11-18(14-26)16-6-8-19(24)9-7-16)5-10-21(22)29-23(27)17-3-2-4-20(25)13-17/h2-13H,1H3. The normalized spacial score (nSPS) is 10.9. The second kappa shape index (κ2) is 9.29. The molecule has 0 amide bonds. The van der Waals surface area contributed by atoms with Crippen LogP contribution < -0.4 is 9.47 Å². The summed E-state index contributed by atoms with van der Waals surface area (Å²) < 4.78 is 10.8. The summed E-state index contributed by atoms with van der Waals surface area (Å²) >= 11 is 11.8. The van der Waals surface area contributed by atoms with Gasteiger partial charge in [-0.15, -0.1) is 0 Å². The van der Waals surface area contributed by atoms with E-state index in [1.165, 1.54) is 13.2 Å². The van der Waals surface area contributed by atoms with Gasteiger partial charge >= 0.3 is 5.97 Å². The maximum atomic E-state index is 12.4. The number of rotatable bonds is 5. The Bertz CT molecular complexity index is 1120. The van der Waals surface area contributed by atoms with Crippen molar-refractivity contribution in [1.82, 2.24) is 0 Å². The molecule has 0 N–H and O–H groups in total. The Morgan fingerprint density at radius 3 is 2.34 bits per heavy atom. The van der Waals surface area contributed by atoms with E-state index >= 15 is 0 Å². The fourth-order valence-corrected chi connectivity index (χ4v) is 2.93. The van der Waals surface area contributed by atoms with E-state index in [9.17, 15) is 10.1 Å². The van der Waals surface area contributed by atoms with Gasteiger partial charge in [0.2, 0.25) is 0 Å². The predicted octanol–water partition coefficient (Wildman–Crippen LogP) is 6.29. The number of halogens is 2. The van der Waals surface area contributed by atoms with Crippen molar-refractivity contribution in [3.8, 4) is 17.6 Å². The van der Waals surface area contributed by atoms with Crippen molar-refractivity contribution in [1.29, 1.82) is 5.26 Å². The van der Waals surface area contributed by atoms with E-state index in [0.717, 1.165) is 11.1 Å². The van der Waals surface area contributed by atoms with E-state index in [2.05, 4.69) is 6.07 Å². The van der Waals surface area contributed by atoms with E-state index in [1.807, 2.05) is 0 Å². The van der Waals surface area contributed by atoms with Gasteiger partial charge in [-0.05, 0) is 59.7 Å². The molecule has 3 rings (SSSR count). The minimum atomic E-state index is -0.548. The van der Waals surface area contributed by atoms with Crippen LogP contribution in [0.1, 0.15) is 21.5 Å². The van der Waals surface area contributed by atoms with Crippen molar-refractivity contribution in [2.45, 2.75) is 0 Å². The zero-order valence-corrected chi connectivity index (χ0v) is 16.9. The summed E-state index contributed by atoms with van der Waals surface area (Å²) in [5, 5.41) is 10.5. The second-order valence-corrected chi connectivity index (χ2v) is 6.86. The lowest BCUT2D eigenvalue weighted by Gasteiger charge is -2.10. The maximum absolute atomic E-state index is 12.4. The van der Waals surface area contributed by atoms with Gasteiger partial charge in [-0.1, -0.05) is 47.5 Å². The van der Waals surface area contributed by atoms with Crippen molar-refractivity contribution >= 4 is 40.8 Å². The minimum absolute atomic E-state index is 0.264. The van der Waals surface area contributed by atoms with Gasteiger partial charge in [-0.2, -0.15) is 5.26 Å². The summed E-state index contributed by atoms with van der Waals surface area (Å²) in [6, 6.07) is 20.7. The number of benzene rings is 3. The maximum Gasteiger partial charge on any atom is 0.343 e. The molecule has 0 aliphatic heterocycles. The van der Waals surface area contributed by atoms with Crippen LogP contribution >= 0.6 is 23.2 Å². The summed E-state index contributed by atoms with van der Waals surface area (Å²) in [6.07, 6.45) is 1.72. The van der Waals surface area contributed by atoms with Gasteiger partial charge in [-0.25, -0.2) is 4.79 Å². The largest absolute Gasteiger partial charge is 0.493 e. The highest BCUT2D eigenvalue weighted by Gasteiger charge is 2.13. The highest BCUT2D eigenvalue weighted by Crippen LogP contribution is 2.31. The molecule has 0 unspecified atom stereocenters. The first-order valence-electron chi connectivity index (χ1n) is 8.53. The van der Waals surface area contributed by atoms with Crippen molar-refractivity contribution in [3.63, 3.8) is 0 Å². The monoisotopic (exact) mass is 423 g/mol. The average molecular weight is 424 g/mol. The van der Waals surface area contributed by atoms with Crippen LogP contribution in [0, 0.1) is 11.3 Å². The van der Waals surface area contributed by atoms with Crippen molar-refractivity contribution in [2.24, 2.45) is 0 Å². The number of carbonyl (C=O) groups is 1. The molecule has 29 heavy (non-hydrogen) atoms. The molecule has 0 bridgehead atoms. The summed E-state index contributed by atoms with van der Waals surface area (Å²) in [5.41, 5.74) is 2.26. The molecule has 0 atom stereocenters. The predicted molar refractivity (Wildman–Crippen MR) is 114 cm³/mol. The van der Waals surface area contributed by atoms with Crippen LogP contribution in [0.4, 0.5) is 0 Å². The Kier molecular flexibility index (Phi) is 6.56. The molecule has 0 saturated carbocycles. The number of esters is 1. The molecule has 3 aromatic rings. The van der Waals surface area contributed by atoms with E-state index < -0.39 is 5.97 Å². The highest BCUT2D eigenvalue weighted by molar-refractivity contribution is 6.31. The third-order valence-electron chi connectivity index (χ3n) is 4.04. The van der Waals surface area contributed by atoms with Crippen LogP contribution in [0.15, 0.2) is 66.7 Å². The molecule has 0 radical (unpaired) electrons. The van der Waals surface area contributed by atoms with Crippen molar-refractivity contribution in [3.05, 3.63) is 93.5 Å². The Morgan fingerprint density at radius 1 is 0.931 bits per heavy atom. The van der Waals surface area contributed by atoms with Crippen LogP contribution in [0.3, 0.4) is 0 Å². The summed E-state index contributed by atoms with van der Waals surface area (Å²) in [7, 11) is 1.48.